The van der Waals surface area contributed by atoms with Gasteiger partial charge in [-0.05, 0) is 67.6 Å². The standard InChI is InChI=1S/C27H27ClN4O4.CH4S/c1-31-25-14-18(27(33)34)2-7-24(25)30-26(31)16-32-12-9-22(10-13-32)36-23-8-11-29-20(15-23)17-35-21-5-3-19(28)4-6-21;1-2/h2-8,11,14-15,22H,9-10,12-13,16-17H2,1H3,(H,33,34);2H,1H3. The molecule has 0 amide bonds. The maximum absolute atomic E-state index is 11.3. The number of carbonyl (C=O) groups is 1. The summed E-state index contributed by atoms with van der Waals surface area (Å²) in [5.74, 6) is 1.52. The number of fused-ring (bicyclic) bond motifs is 1. The summed E-state index contributed by atoms with van der Waals surface area (Å²) in [6.45, 7) is 2.85. The number of hydrogen-bond donors (Lipinski definition) is 2. The van der Waals surface area contributed by atoms with Crippen LogP contribution in [0.15, 0.2) is 60.8 Å². The molecular weight excluding hydrogens is 524 g/mol. The Morgan fingerprint density at radius 3 is 2.53 bits per heavy atom. The number of carboxylic acid groups (broad SMARTS) is 1. The SMILES string of the molecule is CS.Cn1c(CN2CCC(Oc3ccnc(COc4ccc(Cl)cc4)c3)CC2)nc2ccc(C(=O)O)cc21. The summed E-state index contributed by atoms with van der Waals surface area (Å²) < 4.78 is 14.0. The van der Waals surface area contributed by atoms with E-state index in [2.05, 4.69) is 22.5 Å². The summed E-state index contributed by atoms with van der Waals surface area (Å²) in [4.78, 5) is 22.8. The zero-order valence-electron chi connectivity index (χ0n) is 21.4. The molecule has 3 heterocycles. The van der Waals surface area contributed by atoms with E-state index in [-0.39, 0.29) is 11.7 Å². The summed E-state index contributed by atoms with van der Waals surface area (Å²) in [5, 5.41) is 9.94. The first-order valence-electron chi connectivity index (χ1n) is 12.3. The zero-order valence-corrected chi connectivity index (χ0v) is 23.0. The summed E-state index contributed by atoms with van der Waals surface area (Å²) in [6, 6.07) is 16.1. The van der Waals surface area contributed by atoms with E-state index in [0.29, 0.717) is 18.2 Å². The molecule has 10 heteroatoms. The van der Waals surface area contributed by atoms with Crippen molar-refractivity contribution in [2.75, 3.05) is 19.3 Å². The fourth-order valence-corrected chi connectivity index (χ4v) is 4.51. The first-order valence-corrected chi connectivity index (χ1v) is 13.6. The Balaban J connectivity index is 0.00000164. The third-order valence-electron chi connectivity index (χ3n) is 6.41. The van der Waals surface area contributed by atoms with Crippen molar-refractivity contribution in [3.05, 3.63) is 82.9 Å². The number of halogens is 1. The van der Waals surface area contributed by atoms with Crippen molar-refractivity contribution in [1.29, 1.82) is 0 Å². The minimum absolute atomic E-state index is 0.132. The molecule has 200 valence electrons. The maximum atomic E-state index is 11.3. The number of aromatic nitrogens is 3. The number of imidazole rings is 1. The predicted molar refractivity (Wildman–Crippen MR) is 152 cm³/mol. The van der Waals surface area contributed by atoms with E-state index in [9.17, 15) is 9.90 Å². The molecule has 0 saturated carbocycles. The fourth-order valence-electron chi connectivity index (χ4n) is 4.39. The lowest BCUT2D eigenvalue weighted by Gasteiger charge is -2.31. The molecule has 1 saturated heterocycles. The van der Waals surface area contributed by atoms with Gasteiger partial charge >= 0.3 is 5.97 Å². The van der Waals surface area contributed by atoms with Crippen molar-refractivity contribution in [3.8, 4) is 11.5 Å². The van der Waals surface area contributed by atoms with Crippen molar-refractivity contribution in [3.63, 3.8) is 0 Å². The fraction of sp³-hybridized carbons (Fsp3) is 0.321. The van der Waals surface area contributed by atoms with E-state index >= 15 is 0 Å². The second-order valence-electron chi connectivity index (χ2n) is 8.91. The second kappa shape index (κ2) is 13.0. The minimum atomic E-state index is -0.933. The minimum Gasteiger partial charge on any atom is -0.490 e. The number of carboxylic acids is 1. The molecule has 1 aliphatic rings. The van der Waals surface area contributed by atoms with E-state index < -0.39 is 5.97 Å². The van der Waals surface area contributed by atoms with Crippen LogP contribution in [0.2, 0.25) is 5.02 Å². The van der Waals surface area contributed by atoms with Gasteiger partial charge in [0.15, 0.2) is 0 Å². The molecule has 2 aromatic carbocycles. The van der Waals surface area contributed by atoms with Gasteiger partial charge in [-0.15, -0.1) is 0 Å². The van der Waals surface area contributed by atoms with Crippen LogP contribution in [0.1, 0.15) is 34.7 Å². The van der Waals surface area contributed by atoms with Crippen LogP contribution in [0.25, 0.3) is 11.0 Å². The molecule has 0 aliphatic carbocycles. The van der Waals surface area contributed by atoms with Gasteiger partial charge in [0.25, 0.3) is 0 Å². The average molecular weight is 555 g/mol. The molecular formula is C28H31ClN4O4S. The molecule has 2 aromatic heterocycles. The average Bonchev–Trinajstić information content (AvgIpc) is 3.25. The third-order valence-corrected chi connectivity index (χ3v) is 6.66. The Morgan fingerprint density at radius 1 is 1.08 bits per heavy atom. The summed E-state index contributed by atoms with van der Waals surface area (Å²) >= 11 is 9.45. The number of likely N-dealkylation sites (tertiary alicyclic amines) is 1. The first-order chi connectivity index (χ1) is 18.4. The Labute approximate surface area is 232 Å². The number of rotatable bonds is 8. The molecule has 5 rings (SSSR count). The van der Waals surface area contributed by atoms with Crippen molar-refractivity contribution < 1.29 is 19.4 Å². The third kappa shape index (κ3) is 6.98. The molecule has 8 nitrogen and oxygen atoms in total. The van der Waals surface area contributed by atoms with E-state index in [0.717, 1.165) is 60.0 Å². The number of hydrogen-bond acceptors (Lipinski definition) is 7. The van der Waals surface area contributed by atoms with Crippen LogP contribution in [0, 0.1) is 0 Å². The van der Waals surface area contributed by atoms with Gasteiger partial charge in [0.1, 0.15) is 30.0 Å². The van der Waals surface area contributed by atoms with Crippen molar-refractivity contribution in [2.45, 2.75) is 32.1 Å². The van der Waals surface area contributed by atoms with Gasteiger partial charge in [-0.1, -0.05) is 11.6 Å². The molecule has 0 unspecified atom stereocenters. The van der Waals surface area contributed by atoms with Crippen molar-refractivity contribution in [2.24, 2.45) is 7.05 Å². The van der Waals surface area contributed by atoms with Gasteiger partial charge < -0.3 is 19.1 Å². The maximum Gasteiger partial charge on any atom is 0.335 e. The number of aryl methyl sites for hydroxylation is 1. The lowest BCUT2D eigenvalue weighted by molar-refractivity contribution is 0.0697. The lowest BCUT2D eigenvalue weighted by Crippen LogP contribution is -2.38. The molecule has 0 radical (unpaired) electrons. The van der Waals surface area contributed by atoms with Gasteiger partial charge in [0.05, 0.1) is 28.8 Å². The molecule has 0 spiro atoms. The smallest absolute Gasteiger partial charge is 0.335 e. The predicted octanol–water partition coefficient (Wildman–Crippen LogP) is 5.49. The molecule has 1 N–H and O–H groups in total. The topological polar surface area (TPSA) is 89.7 Å². The van der Waals surface area contributed by atoms with Crippen LogP contribution in [0.5, 0.6) is 11.5 Å². The number of aromatic carboxylic acids is 1. The summed E-state index contributed by atoms with van der Waals surface area (Å²) in [5.41, 5.74) is 2.71. The number of ether oxygens (including phenoxy) is 2. The van der Waals surface area contributed by atoms with Gasteiger partial charge in [-0.2, -0.15) is 12.6 Å². The van der Waals surface area contributed by atoms with Crippen LogP contribution in [0.4, 0.5) is 0 Å². The highest BCUT2D eigenvalue weighted by atomic mass is 35.5. The highest BCUT2D eigenvalue weighted by Crippen LogP contribution is 2.23. The van der Waals surface area contributed by atoms with Gasteiger partial charge in [-0.3, -0.25) is 9.88 Å². The number of piperidine rings is 1. The molecule has 0 bridgehead atoms. The Hall–Kier alpha value is -3.27. The lowest BCUT2D eigenvalue weighted by atomic mass is 10.1. The van der Waals surface area contributed by atoms with Crippen LogP contribution in [0.3, 0.4) is 0 Å². The number of pyridine rings is 1. The van der Waals surface area contributed by atoms with E-state index in [1.165, 1.54) is 0 Å². The first kappa shape index (κ1) is 27.8. The van der Waals surface area contributed by atoms with Gasteiger partial charge in [-0.25, -0.2) is 9.78 Å². The summed E-state index contributed by atoms with van der Waals surface area (Å²) in [6.07, 6.45) is 5.39. The van der Waals surface area contributed by atoms with Crippen LogP contribution in [-0.4, -0.2) is 56.0 Å². The molecule has 4 aromatic rings. The Morgan fingerprint density at radius 2 is 1.82 bits per heavy atom. The number of benzene rings is 2. The Bertz CT molecular complexity index is 1370. The highest BCUT2D eigenvalue weighted by molar-refractivity contribution is 7.79. The van der Waals surface area contributed by atoms with Gasteiger partial charge in [0.2, 0.25) is 0 Å². The van der Waals surface area contributed by atoms with Crippen LogP contribution >= 0.6 is 24.2 Å². The second-order valence-corrected chi connectivity index (χ2v) is 9.35. The molecule has 1 fully saturated rings. The van der Waals surface area contributed by atoms with Crippen LogP contribution in [-0.2, 0) is 20.2 Å². The van der Waals surface area contributed by atoms with E-state index in [1.807, 2.05) is 35.9 Å². The number of thiol groups is 1. The van der Waals surface area contributed by atoms with E-state index in [1.54, 1.807) is 42.8 Å². The van der Waals surface area contributed by atoms with Crippen molar-refractivity contribution >= 4 is 41.2 Å². The quantitative estimate of drug-likeness (QED) is 0.278. The zero-order chi connectivity index (χ0) is 27.1. The number of nitrogens with zero attached hydrogens (tertiary/aromatic N) is 4. The molecule has 38 heavy (non-hydrogen) atoms. The van der Waals surface area contributed by atoms with Crippen LogP contribution < -0.4 is 9.47 Å². The highest BCUT2D eigenvalue weighted by Gasteiger charge is 2.22. The normalized spacial score (nSPS) is 14.1. The van der Waals surface area contributed by atoms with Gasteiger partial charge in [0, 0.05) is 37.4 Å². The monoisotopic (exact) mass is 554 g/mol. The van der Waals surface area contributed by atoms with E-state index in [4.69, 9.17) is 26.1 Å². The summed E-state index contributed by atoms with van der Waals surface area (Å²) in [7, 11) is 1.93. The van der Waals surface area contributed by atoms with Crippen molar-refractivity contribution in [1.82, 2.24) is 19.4 Å². The molecule has 1 aliphatic heterocycles. The molecule has 0 atom stereocenters. The largest absolute Gasteiger partial charge is 0.490 e. The Kier molecular flexibility index (Phi) is 9.49.